The van der Waals surface area contributed by atoms with E-state index in [1.54, 1.807) is 12.3 Å². The molecule has 2 N–H and O–H groups in total. The van der Waals surface area contributed by atoms with Gasteiger partial charge in [0.25, 0.3) is 0 Å². The summed E-state index contributed by atoms with van der Waals surface area (Å²) in [5.74, 6) is 0.288. The van der Waals surface area contributed by atoms with Crippen molar-refractivity contribution in [2.75, 3.05) is 17.2 Å². The third-order valence-electron chi connectivity index (χ3n) is 2.14. The van der Waals surface area contributed by atoms with Gasteiger partial charge in [-0.1, -0.05) is 32.4 Å². The van der Waals surface area contributed by atoms with Crippen LogP contribution in [-0.2, 0) is 4.79 Å². The fourth-order valence-corrected chi connectivity index (χ4v) is 1.34. The second-order valence-electron chi connectivity index (χ2n) is 4.79. The number of rotatable bonds is 3. The summed E-state index contributed by atoms with van der Waals surface area (Å²) >= 11 is 6.04. The number of nitrogens with one attached hydrogen (secondary N) is 2. The fraction of sp³-hybridized carbons (Fsp3) is 0.500. The molecule has 0 aliphatic rings. The minimum absolute atomic E-state index is 0.108. The topological polar surface area (TPSA) is 54.0 Å². The molecule has 4 nitrogen and oxygen atoms in total. The number of hydrogen-bond donors (Lipinski definition) is 2. The van der Waals surface area contributed by atoms with Crippen LogP contribution in [0.25, 0.3) is 0 Å². The second-order valence-corrected chi connectivity index (χ2v) is 5.20. The Morgan fingerprint density at radius 1 is 1.47 bits per heavy atom. The molecule has 17 heavy (non-hydrogen) atoms. The SMILES string of the molecule is CCNc1cnc(NC(=O)C(C)(C)C)c(Cl)c1. The number of carbonyl (C=O) groups excluding carboxylic acids is 1. The van der Waals surface area contributed by atoms with E-state index in [9.17, 15) is 4.79 Å². The van der Waals surface area contributed by atoms with Gasteiger partial charge in [0.15, 0.2) is 5.82 Å². The van der Waals surface area contributed by atoms with Crippen LogP contribution in [0.15, 0.2) is 12.3 Å². The second kappa shape index (κ2) is 5.36. The number of anilines is 2. The summed E-state index contributed by atoms with van der Waals surface area (Å²) < 4.78 is 0. The Labute approximate surface area is 107 Å². The molecule has 0 aliphatic carbocycles. The van der Waals surface area contributed by atoms with E-state index >= 15 is 0 Å². The summed E-state index contributed by atoms with van der Waals surface area (Å²) in [6.45, 7) is 8.30. The molecule has 0 radical (unpaired) electrons. The molecule has 1 heterocycles. The maximum absolute atomic E-state index is 11.8. The predicted octanol–water partition coefficient (Wildman–Crippen LogP) is 3.15. The number of halogens is 1. The summed E-state index contributed by atoms with van der Waals surface area (Å²) in [5, 5.41) is 6.24. The molecular weight excluding hydrogens is 238 g/mol. The molecule has 94 valence electrons. The van der Waals surface area contributed by atoms with Gasteiger partial charge in [-0.2, -0.15) is 0 Å². The van der Waals surface area contributed by atoms with Gasteiger partial charge in [-0.05, 0) is 13.0 Å². The van der Waals surface area contributed by atoms with Crippen LogP contribution >= 0.6 is 11.6 Å². The third-order valence-corrected chi connectivity index (χ3v) is 2.42. The first-order valence-electron chi connectivity index (χ1n) is 5.55. The molecule has 0 saturated carbocycles. The van der Waals surface area contributed by atoms with E-state index in [0.29, 0.717) is 10.8 Å². The van der Waals surface area contributed by atoms with Crippen LogP contribution in [0, 0.1) is 5.41 Å². The van der Waals surface area contributed by atoms with Gasteiger partial charge in [-0.3, -0.25) is 4.79 Å². The Morgan fingerprint density at radius 2 is 2.12 bits per heavy atom. The zero-order valence-corrected chi connectivity index (χ0v) is 11.4. The van der Waals surface area contributed by atoms with E-state index in [-0.39, 0.29) is 5.91 Å². The number of aromatic nitrogens is 1. The molecule has 0 saturated heterocycles. The summed E-state index contributed by atoms with van der Waals surface area (Å²) in [4.78, 5) is 15.9. The lowest BCUT2D eigenvalue weighted by Gasteiger charge is -2.17. The van der Waals surface area contributed by atoms with E-state index in [2.05, 4.69) is 15.6 Å². The molecule has 1 aromatic heterocycles. The molecule has 5 heteroatoms. The molecule has 0 unspecified atom stereocenters. The van der Waals surface area contributed by atoms with E-state index in [4.69, 9.17) is 11.6 Å². The van der Waals surface area contributed by atoms with E-state index in [1.807, 2.05) is 27.7 Å². The van der Waals surface area contributed by atoms with E-state index in [1.165, 1.54) is 0 Å². The standard InChI is InChI=1S/C12H18ClN3O/c1-5-14-8-6-9(13)10(15-7-8)16-11(17)12(2,3)4/h6-7,14H,5H2,1-4H3,(H,15,16,17). The molecule has 0 atom stereocenters. The first-order valence-corrected chi connectivity index (χ1v) is 5.93. The Morgan fingerprint density at radius 3 is 2.59 bits per heavy atom. The molecule has 0 bridgehead atoms. The lowest BCUT2D eigenvalue weighted by atomic mass is 9.96. The zero-order valence-electron chi connectivity index (χ0n) is 10.6. The maximum atomic E-state index is 11.8. The van der Waals surface area contributed by atoms with Gasteiger partial charge in [0, 0.05) is 12.0 Å². The smallest absolute Gasteiger partial charge is 0.230 e. The Balaban J connectivity index is 2.83. The summed E-state index contributed by atoms with van der Waals surface area (Å²) in [6.07, 6.45) is 1.65. The Kier molecular flexibility index (Phi) is 4.34. The zero-order chi connectivity index (χ0) is 13.1. The van der Waals surface area contributed by atoms with Crippen molar-refractivity contribution in [2.24, 2.45) is 5.41 Å². The van der Waals surface area contributed by atoms with Gasteiger partial charge in [-0.25, -0.2) is 4.98 Å². The van der Waals surface area contributed by atoms with Crippen LogP contribution in [0.1, 0.15) is 27.7 Å². The van der Waals surface area contributed by atoms with Crippen LogP contribution < -0.4 is 10.6 Å². The first-order chi connectivity index (χ1) is 7.84. The van der Waals surface area contributed by atoms with Crippen LogP contribution in [0.2, 0.25) is 5.02 Å². The van der Waals surface area contributed by atoms with Crippen molar-refractivity contribution in [3.05, 3.63) is 17.3 Å². The minimum Gasteiger partial charge on any atom is -0.384 e. The van der Waals surface area contributed by atoms with Crippen molar-refractivity contribution in [3.63, 3.8) is 0 Å². The number of carbonyl (C=O) groups is 1. The summed E-state index contributed by atoms with van der Waals surface area (Å²) in [7, 11) is 0. The highest BCUT2D eigenvalue weighted by molar-refractivity contribution is 6.33. The van der Waals surface area contributed by atoms with Gasteiger partial charge < -0.3 is 10.6 Å². The first kappa shape index (κ1) is 13.8. The highest BCUT2D eigenvalue weighted by atomic mass is 35.5. The van der Waals surface area contributed by atoms with Gasteiger partial charge >= 0.3 is 0 Å². The fourth-order valence-electron chi connectivity index (χ4n) is 1.13. The van der Waals surface area contributed by atoms with Crippen molar-refractivity contribution >= 4 is 29.0 Å². The van der Waals surface area contributed by atoms with Crippen molar-refractivity contribution in [2.45, 2.75) is 27.7 Å². The van der Waals surface area contributed by atoms with Gasteiger partial charge in [0.1, 0.15) is 0 Å². The number of nitrogens with zero attached hydrogens (tertiary/aromatic N) is 1. The largest absolute Gasteiger partial charge is 0.384 e. The van der Waals surface area contributed by atoms with Crippen molar-refractivity contribution in [3.8, 4) is 0 Å². The number of hydrogen-bond acceptors (Lipinski definition) is 3. The summed E-state index contributed by atoms with van der Waals surface area (Å²) in [6, 6.07) is 1.75. The predicted molar refractivity (Wildman–Crippen MR) is 71.5 cm³/mol. The number of pyridine rings is 1. The number of amides is 1. The van der Waals surface area contributed by atoms with Crippen molar-refractivity contribution < 1.29 is 4.79 Å². The molecular formula is C12H18ClN3O. The average Bonchev–Trinajstić information content (AvgIpc) is 2.21. The minimum atomic E-state index is -0.467. The van der Waals surface area contributed by atoms with Gasteiger partial charge in [0.2, 0.25) is 5.91 Å². The van der Waals surface area contributed by atoms with E-state index in [0.717, 1.165) is 12.2 Å². The van der Waals surface area contributed by atoms with Crippen molar-refractivity contribution in [1.29, 1.82) is 0 Å². The lowest BCUT2D eigenvalue weighted by molar-refractivity contribution is -0.123. The van der Waals surface area contributed by atoms with Gasteiger partial charge in [0.05, 0.1) is 16.9 Å². The highest BCUT2D eigenvalue weighted by Gasteiger charge is 2.22. The molecule has 0 aliphatic heterocycles. The van der Waals surface area contributed by atoms with E-state index < -0.39 is 5.41 Å². The normalized spacial score (nSPS) is 11.1. The van der Waals surface area contributed by atoms with Crippen LogP contribution in [-0.4, -0.2) is 17.4 Å². The molecule has 0 aromatic carbocycles. The molecule has 1 aromatic rings. The molecule has 1 rings (SSSR count). The highest BCUT2D eigenvalue weighted by Crippen LogP contribution is 2.24. The summed E-state index contributed by atoms with van der Waals surface area (Å²) in [5.41, 5.74) is 0.372. The molecule has 0 fully saturated rings. The molecule has 1 amide bonds. The average molecular weight is 256 g/mol. The van der Waals surface area contributed by atoms with Crippen LogP contribution in [0.4, 0.5) is 11.5 Å². The van der Waals surface area contributed by atoms with Crippen LogP contribution in [0.3, 0.4) is 0 Å². The third kappa shape index (κ3) is 3.89. The monoisotopic (exact) mass is 255 g/mol. The molecule has 0 spiro atoms. The lowest BCUT2D eigenvalue weighted by Crippen LogP contribution is -2.28. The van der Waals surface area contributed by atoms with Gasteiger partial charge in [-0.15, -0.1) is 0 Å². The van der Waals surface area contributed by atoms with Crippen LogP contribution in [0.5, 0.6) is 0 Å². The quantitative estimate of drug-likeness (QED) is 0.872. The Hall–Kier alpha value is -1.29. The van der Waals surface area contributed by atoms with Crippen molar-refractivity contribution in [1.82, 2.24) is 4.98 Å². The maximum Gasteiger partial charge on any atom is 0.230 e. The Bertz CT molecular complexity index is 413.